The van der Waals surface area contributed by atoms with Crippen LogP contribution in [-0.4, -0.2) is 23.6 Å². The van der Waals surface area contributed by atoms with Gasteiger partial charge in [-0.05, 0) is 167 Å². The van der Waals surface area contributed by atoms with Gasteiger partial charge in [0.2, 0.25) is 0 Å². The van der Waals surface area contributed by atoms with Crippen LogP contribution in [0.4, 0.5) is 11.4 Å². The molecule has 0 bridgehead atoms. The van der Waals surface area contributed by atoms with Gasteiger partial charge in [-0.3, -0.25) is 19.2 Å². The summed E-state index contributed by atoms with van der Waals surface area (Å²) in [6.45, 7) is 16.3. The minimum absolute atomic E-state index is 0.0780. The lowest BCUT2D eigenvalue weighted by Crippen LogP contribution is -2.42. The summed E-state index contributed by atoms with van der Waals surface area (Å²) in [5.41, 5.74) is 4.41. The van der Waals surface area contributed by atoms with E-state index in [1.54, 1.807) is 72.8 Å². The molecular formula is C96H74N2O12. The van der Waals surface area contributed by atoms with E-state index in [0.29, 0.717) is 57.4 Å². The Morgan fingerprint density at radius 1 is 0.200 bits per heavy atom. The normalized spacial score (nSPS) is 12.7. The zero-order valence-electron chi connectivity index (χ0n) is 61.7. The Labute approximate surface area is 636 Å². The zero-order chi connectivity index (χ0) is 75.6. The minimum Gasteiger partial charge on any atom is -0.453 e. The van der Waals surface area contributed by atoms with Gasteiger partial charge in [-0.25, -0.2) is 9.80 Å². The predicted molar refractivity (Wildman–Crippen MR) is 431 cm³/mol. The first kappa shape index (κ1) is 69.3. The molecule has 0 fully saturated rings. The smallest absolute Gasteiger partial charge is 0.266 e. The topological polar surface area (TPSA) is 149 Å². The van der Waals surface area contributed by atoms with Crippen molar-refractivity contribution < 1.29 is 57.1 Å². The second-order valence-electron chi connectivity index (χ2n) is 28.6. The third kappa shape index (κ3) is 12.3. The Balaban J connectivity index is 1.08. The molecule has 0 aliphatic carbocycles. The molecule has 17 rings (SSSR count). The molecule has 540 valence electrons. The Bertz CT molecular complexity index is 5430. The quantitative estimate of drug-likeness (QED) is 0.0361. The first-order chi connectivity index (χ1) is 53.6. The number of carbonyl (C=O) groups excluding carboxylic acids is 4. The van der Waals surface area contributed by atoms with Crippen molar-refractivity contribution in [1.82, 2.24) is 0 Å². The lowest BCUT2D eigenvalue weighted by Gasteiger charge is -2.35. The van der Waals surface area contributed by atoms with Gasteiger partial charge in [-0.2, -0.15) is 0 Å². The van der Waals surface area contributed by atoms with Gasteiger partial charge < -0.3 is 37.9 Å². The van der Waals surface area contributed by atoms with Gasteiger partial charge in [0, 0.05) is 43.1 Å². The first-order valence-electron chi connectivity index (χ1n) is 36.9. The monoisotopic (exact) mass is 1450 g/mol. The van der Waals surface area contributed by atoms with Gasteiger partial charge in [0.15, 0.2) is 46.0 Å². The molecule has 0 aromatic heterocycles. The number of para-hydroxylation sites is 14. The van der Waals surface area contributed by atoms with Crippen LogP contribution in [0.2, 0.25) is 0 Å². The van der Waals surface area contributed by atoms with Crippen LogP contribution in [0.3, 0.4) is 0 Å². The van der Waals surface area contributed by atoms with E-state index < -0.39 is 23.6 Å². The second-order valence-corrected chi connectivity index (χ2v) is 28.6. The molecule has 14 nitrogen and oxygen atoms in total. The van der Waals surface area contributed by atoms with Gasteiger partial charge in [-0.15, -0.1) is 0 Å². The van der Waals surface area contributed by atoms with Crippen molar-refractivity contribution in [3.05, 3.63) is 324 Å². The number of benzene rings is 15. The van der Waals surface area contributed by atoms with Crippen molar-refractivity contribution in [3.8, 4) is 92.0 Å². The predicted octanol–water partition coefficient (Wildman–Crippen LogP) is 26.2. The SMILES string of the molecule is CC(C)c1cccc(C(C)C)c1N1C(=O)c2cc(Oc3ccccc3Oc3ccccc3)c3c4c(Oc5ccccc5Oc5ccccc5)cc5c6c(cc(Oc7ccccc7Oc7ccccc7)c(c7c(Oc8ccccc8Oc8ccccc8)cc(c2c37)C1=O)c64)C(=O)N(c1c(C(C)C)cccc1C(C)C)C5=O. The summed E-state index contributed by atoms with van der Waals surface area (Å²) < 4.78 is 57.4. The highest BCUT2D eigenvalue weighted by Gasteiger charge is 2.45. The molecule has 15 aromatic rings. The van der Waals surface area contributed by atoms with Gasteiger partial charge in [-0.1, -0.05) is 213 Å². The lowest BCUT2D eigenvalue weighted by atomic mass is 9.80. The number of amides is 4. The number of imide groups is 2. The van der Waals surface area contributed by atoms with Crippen LogP contribution in [0.1, 0.15) is 143 Å². The van der Waals surface area contributed by atoms with E-state index in [1.165, 1.54) is 9.80 Å². The molecule has 2 aliphatic rings. The number of hydrogen-bond acceptors (Lipinski definition) is 12. The summed E-state index contributed by atoms with van der Waals surface area (Å²) in [7, 11) is 0. The van der Waals surface area contributed by atoms with Crippen molar-refractivity contribution in [2.45, 2.75) is 79.1 Å². The molecule has 0 radical (unpaired) electrons. The van der Waals surface area contributed by atoms with E-state index in [2.05, 4.69) is 0 Å². The summed E-state index contributed by atoms with van der Waals surface area (Å²) in [6.07, 6.45) is 0. The third-order valence-corrected chi connectivity index (χ3v) is 20.2. The summed E-state index contributed by atoms with van der Waals surface area (Å²) >= 11 is 0. The molecule has 2 heterocycles. The summed E-state index contributed by atoms with van der Waals surface area (Å²) in [4.78, 5) is 70.4. The molecule has 0 spiro atoms. The number of ether oxygens (including phenoxy) is 8. The highest BCUT2D eigenvalue weighted by molar-refractivity contribution is 6.48. The number of fused-ring (bicyclic) bond motifs is 2. The van der Waals surface area contributed by atoms with Crippen LogP contribution in [0.15, 0.2) is 279 Å². The Morgan fingerprint density at radius 2 is 0.391 bits per heavy atom. The molecule has 0 saturated heterocycles. The van der Waals surface area contributed by atoms with E-state index in [0.717, 1.165) is 22.3 Å². The van der Waals surface area contributed by atoms with Crippen LogP contribution >= 0.6 is 0 Å². The van der Waals surface area contributed by atoms with Crippen LogP contribution in [-0.2, 0) is 0 Å². The van der Waals surface area contributed by atoms with Gasteiger partial charge in [0.05, 0.1) is 33.6 Å². The van der Waals surface area contributed by atoms with Gasteiger partial charge >= 0.3 is 0 Å². The summed E-state index contributed by atoms with van der Waals surface area (Å²) in [5.74, 6) is 1.37. The number of nitrogens with zero attached hydrogens (tertiary/aromatic N) is 2. The Kier molecular flexibility index (Phi) is 18.0. The average molecular weight is 1450 g/mol. The highest BCUT2D eigenvalue weighted by Crippen LogP contribution is 2.60. The zero-order valence-corrected chi connectivity index (χ0v) is 61.7. The van der Waals surface area contributed by atoms with Crippen LogP contribution in [0, 0.1) is 0 Å². The number of hydrogen-bond donors (Lipinski definition) is 0. The Morgan fingerprint density at radius 3 is 0.591 bits per heavy atom. The summed E-state index contributed by atoms with van der Waals surface area (Å²) in [5, 5.41) is 2.13. The maximum absolute atomic E-state index is 16.9. The van der Waals surface area contributed by atoms with Crippen LogP contribution in [0.25, 0.3) is 43.1 Å². The molecule has 110 heavy (non-hydrogen) atoms. The highest BCUT2D eigenvalue weighted by atomic mass is 16.5. The fourth-order valence-electron chi connectivity index (χ4n) is 15.2. The summed E-state index contributed by atoms with van der Waals surface area (Å²) in [6, 6.07) is 84.7. The van der Waals surface area contributed by atoms with E-state index in [-0.39, 0.29) is 135 Å². The average Bonchev–Trinajstić information content (AvgIpc) is 0.669. The van der Waals surface area contributed by atoms with E-state index in [9.17, 15) is 0 Å². The molecule has 15 aromatic carbocycles. The fourth-order valence-corrected chi connectivity index (χ4v) is 15.2. The fraction of sp³-hybridized carbons (Fsp3) is 0.125. The van der Waals surface area contributed by atoms with Crippen molar-refractivity contribution in [1.29, 1.82) is 0 Å². The van der Waals surface area contributed by atoms with Gasteiger partial charge in [0.1, 0.15) is 46.0 Å². The molecule has 0 saturated carbocycles. The van der Waals surface area contributed by atoms with Gasteiger partial charge in [0.25, 0.3) is 23.6 Å². The molecular weight excluding hydrogens is 1370 g/mol. The van der Waals surface area contributed by atoms with Crippen molar-refractivity contribution >= 4 is 78.1 Å². The van der Waals surface area contributed by atoms with Crippen LogP contribution in [0.5, 0.6) is 92.0 Å². The molecule has 2 aliphatic heterocycles. The maximum atomic E-state index is 16.9. The molecule has 0 unspecified atom stereocenters. The first-order valence-corrected chi connectivity index (χ1v) is 36.9. The maximum Gasteiger partial charge on any atom is 0.266 e. The van der Waals surface area contributed by atoms with Crippen LogP contribution < -0.4 is 47.7 Å². The molecule has 14 heteroatoms. The largest absolute Gasteiger partial charge is 0.453 e. The molecule has 0 atom stereocenters. The van der Waals surface area contributed by atoms with Crippen molar-refractivity contribution in [2.75, 3.05) is 9.80 Å². The minimum atomic E-state index is -0.634. The number of rotatable bonds is 22. The number of anilines is 2. The number of carbonyl (C=O) groups is 4. The van der Waals surface area contributed by atoms with E-state index >= 15 is 19.2 Å². The van der Waals surface area contributed by atoms with Crippen molar-refractivity contribution in [3.63, 3.8) is 0 Å². The Hall–Kier alpha value is -13.7. The molecule has 0 N–H and O–H groups in total. The lowest BCUT2D eigenvalue weighted by molar-refractivity contribution is 0.0877. The standard InChI is InChI=1S/C96H74N2O12/c1-55(2)63-39-29-40-64(56(3)4)91(63)97-93(99)67-51-79(107-75-47-25-21-43-71(75)103-59-31-13-9-14-32-59)85-87-81(109-77-49-27-23-45-73(77)105-61-35-17-11-18-36-61)53-69-84-70(96(102)98(95(69)101)92-65(57(5)6)41-30-42-66(92)58(7)8)54-82(110-78-50-28-24-46-74(78)106-62-37-19-12-20-38-62)88(90(84)87)86-80(52-68(94(97)100)83(67)89(85)86)108-76-48-26-22-44-72(76)104-60-33-15-10-16-34-60/h9-58H,1-8H3. The van der Waals surface area contributed by atoms with E-state index in [1.807, 2.05) is 262 Å². The second kappa shape index (κ2) is 28.5. The third-order valence-electron chi connectivity index (χ3n) is 20.2. The van der Waals surface area contributed by atoms with E-state index in [4.69, 9.17) is 37.9 Å². The van der Waals surface area contributed by atoms with Crippen molar-refractivity contribution in [2.24, 2.45) is 0 Å². The molecule has 4 amide bonds.